The lowest BCUT2D eigenvalue weighted by Gasteiger charge is -2.22. The van der Waals surface area contributed by atoms with Crippen LogP contribution < -0.4 is 25.6 Å². The second kappa shape index (κ2) is 9.77. The minimum absolute atomic E-state index is 0.0942. The van der Waals surface area contributed by atoms with Crippen molar-refractivity contribution in [3.8, 4) is 11.5 Å². The van der Waals surface area contributed by atoms with Gasteiger partial charge in [0.1, 0.15) is 17.9 Å². The predicted molar refractivity (Wildman–Crippen MR) is 118 cm³/mol. The van der Waals surface area contributed by atoms with Gasteiger partial charge in [0, 0.05) is 5.56 Å². The zero-order valence-electron chi connectivity index (χ0n) is 19.1. The summed E-state index contributed by atoms with van der Waals surface area (Å²) in [6.07, 6.45) is -0.0942. The number of nitrogens with one attached hydrogen (secondary N) is 3. The highest BCUT2D eigenvalue weighted by Crippen LogP contribution is 2.30. The monoisotopic (exact) mass is 472 g/mol. The fraction of sp³-hybridized carbons (Fsp3) is 0.304. The highest BCUT2D eigenvalue weighted by molar-refractivity contribution is 6.09. The van der Waals surface area contributed by atoms with E-state index in [-0.39, 0.29) is 11.7 Å². The molecule has 34 heavy (non-hydrogen) atoms. The molecule has 3 N–H and O–H groups in total. The zero-order valence-corrected chi connectivity index (χ0v) is 19.1. The molecular weight excluding hydrogens is 447 g/mol. The number of carbonyl (C=O) groups is 4. The number of amides is 5. The Bertz CT molecular complexity index is 1120. The average molecular weight is 472 g/mol. The molecule has 1 saturated heterocycles. The number of imide groups is 1. The number of hydrogen-bond donors (Lipinski definition) is 3. The number of hydrogen-bond acceptors (Lipinski definition) is 6. The van der Waals surface area contributed by atoms with Crippen LogP contribution >= 0.6 is 0 Å². The Hall–Kier alpha value is -4.15. The number of benzene rings is 2. The average Bonchev–Trinajstić information content (AvgIpc) is 3.01. The number of nitrogens with zero attached hydrogens (tertiary/aromatic N) is 1. The van der Waals surface area contributed by atoms with E-state index in [1.165, 1.54) is 50.4 Å². The van der Waals surface area contributed by atoms with Crippen LogP contribution in [0.5, 0.6) is 11.5 Å². The van der Waals surface area contributed by atoms with Crippen LogP contribution in [0.15, 0.2) is 42.5 Å². The molecule has 1 unspecified atom stereocenters. The molecular formula is C23H25FN4O6. The summed E-state index contributed by atoms with van der Waals surface area (Å²) in [5.41, 5.74) is 3.50. The van der Waals surface area contributed by atoms with Crippen molar-refractivity contribution < 1.29 is 33.0 Å². The van der Waals surface area contributed by atoms with Crippen LogP contribution in [-0.2, 0) is 15.1 Å². The minimum Gasteiger partial charge on any atom is -0.493 e. The Morgan fingerprint density at radius 1 is 1.09 bits per heavy atom. The summed E-state index contributed by atoms with van der Waals surface area (Å²) in [6.45, 7) is 4.53. The predicted octanol–water partition coefficient (Wildman–Crippen LogP) is 1.85. The van der Waals surface area contributed by atoms with Gasteiger partial charge in [-0.05, 0) is 56.7 Å². The summed E-state index contributed by atoms with van der Waals surface area (Å²) in [6, 6.07) is 8.82. The standard InChI is InChI=1S/C23H25FN4O6/c1-13(2)34-17-10-5-14(11-18(17)33-4)20(30)27-26-19(29)12-28-21(31)23(3,25-22(28)32)15-6-8-16(24)9-7-15/h5-11,13H,12H2,1-4H3,(H,25,32)(H,26,29)(H,27,30). The van der Waals surface area contributed by atoms with Crippen molar-refractivity contribution in [2.45, 2.75) is 32.4 Å². The number of carbonyl (C=O) groups excluding carboxylic acids is 4. The molecule has 1 atom stereocenters. The van der Waals surface area contributed by atoms with Gasteiger partial charge >= 0.3 is 6.03 Å². The van der Waals surface area contributed by atoms with E-state index in [0.717, 1.165) is 0 Å². The van der Waals surface area contributed by atoms with Crippen LogP contribution in [-0.4, -0.2) is 48.4 Å². The molecule has 0 spiro atoms. The molecule has 1 aliphatic rings. The van der Waals surface area contributed by atoms with E-state index in [4.69, 9.17) is 9.47 Å². The molecule has 0 radical (unpaired) electrons. The smallest absolute Gasteiger partial charge is 0.325 e. The normalized spacial score (nSPS) is 17.4. The van der Waals surface area contributed by atoms with Crippen LogP contribution in [0, 0.1) is 5.82 Å². The van der Waals surface area contributed by atoms with Crippen molar-refractivity contribution in [1.29, 1.82) is 0 Å². The van der Waals surface area contributed by atoms with E-state index >= 15 is 0 Å². The Labute approximate surface area is 195 Å². The van der Waals surface area contributed by atoms with Crippen molar-refractivity contribution in [3.63, 3.8) is 0 Å². The molecule has 3 rings (SSSR count). The first-order valence-electron chi connectivity index (χ1n) is 10.4. The number of urea groups is 1. The van der Waals surface area contributed by atoms with Gasteiger partial charge in [-0.1, -0.05) is 12.1 Å². The maximum Gasteiger partial charge on any atom is 0.325 e. The van der Waals surface area contributed by atoms with Gasteiger partial charge in [-0.15, -0.1) is 0 Å². The lowest BCUT2D eigenvalue weighted by Crippen LogP contribution is -2.48. The van der Waals surface area contributed by atoms with Gasteiger partial charge in [0.05, 0.1) is 13.2 Å². The molecule has 2 aromatic carbocycles. The number of halogens is 1. The largest absolute Gasteiger partial charge is 0.493 e. The van der Waals surface area contributed by atoms with Gasteiger partial charge in [0.2, 0.25) is 0 Å². The third kappa shape index (κ3) is 5.08. The number of rotatable bonds is 7. The van der Waals surface area contributed by atoms with E-state index in [0.29, 0.717) is 22.0 Å². The molecule has 5 amide bonds. The van der Waals surface area contributed by atoms with Crippen molar-refractivity contribution in [1.82, 2.24) is 21.1 Å². The summed E-state index contributed by atoms with van der Waals surface area (Å²) in [5.74, 6) is -1.82. The Morgan fingerprint density at radius 3 is 2.38 bits per heavy atom. The molecule has 0 bridgehead atoms. The molecule has 180 valence electrons. The highest BCUT2D eigenvalue weighted by Gasteiger charge is 2.49. The molecule has 1 aliphatic heterocycles. The summed E-state index contributed by atoms with van der Waals surface area (Å²) < 4.78 is 24.1. The fourth-order valence-corrected chi connectivity index (χ4v) is 3.36. The van der Waals surface area contributed by atoms with Crippen LogP contribution in [0.3, 0.4) is 0 Å². The third-order valence-electron chi connectivity index (χ3n) is 5.10. The maximum absolute atomic E-state index is 13.2. The second-order valence-electron chi connectivity index (χ2n) is 7.99. The Balaban J connectivity index is 1.61. The Kier molecular flexibility index (Phi) is 7.04. The molecule has 0 saturated carbocycles. The zero-order chi connectivity index (χ0) is 25.0. The van der Waals surface area contributed by atoms with Gasteiger partial charge in [0.15, 0.2) is 11.5 Å². The first-order valence-corrected chi connectivity index (χ1v) is 10.4. The number of hydrazine groups is 1. The Morgan fingerprint density at radius 2 is 1.76 bits per heavy atom. The van der Waals surface area contributed by atoms with Gasteiger partial charge in [-0.3, -0.25) is 30.1 Å². The topological polar surface area (TPSA) is 126 Å². The molecule has 11 heteroatoms. The molecule has 10 nitrogen and oxygen atoms in total. The third-order valence-corrected chi connectivity index (χ3v) is 5.10. The van der Waals surface area contributed by atoms with Crippen LogP contribution in [0.4, 0.5) is 9.18 Å². The summed E-state index contributed by atoms with van der Waals surface area (Å²) >= 11 is 0. The van der Waals surface area contributed by atoms with E-state index in [9.17, 15) is 23.6 Å². The second-order valence-corrected chi connectivity index (χ2v) is 7.99. The lowest BCUT2D eigenvalue weighted by atomic mass is 9.92. The van der Waals surface area contributed by atoms with Crippen LogP contribution in [0.25, 0.3) is 0 Å². The molecule has 0 aliphatic carbocycles. The number of methoxy groups -OCH3 is 1. The van der Waals surface area contributed by atoms with Gasteiger partial charge in [-0.2, -0.15) is 0 Å². The maximum atomic E-state index is 13.2. The summed E-state index contributed by atoms with van der Waals surface area (Å²) in [4.78, 5) is 50.7. The first kappa shape index (κ1) is 24.5. The lowest BCUT2D eigenvalue weighted by molar-refractivity contribution is -0.135. The van der Waals surface area contributed by atoms with Crippen molar-refractivity contribution in [3.05, 3.63) is 59.4 Å². The van der Waals surface area contributed by atoms with Crippen molar-refractivity contribution >= 4 is 23.8 Å². The first-order chi connectivity index (χ1) is 16.0. The number of ether oxygens (including phenoxy) is 2. The van der Waals surface area contributed by atoms with E-state index in [2.05, 4.69) is 16.2 Å². The van der Waals surface area contributed by atoms with Gasteiger partial charge in [-0.25, -0.2) is 9.18 Å². The van der Waals surface area contributed by atoms with E-state index in [1.54, 1.807) is 6.07 Å². The molecule has 2 aromatic rings. The van der Waals surface area contributed by atoms with Crippen molar-refractivity contribution in [2.75, 3.05) is 13.7 Å². The van der Waals surface area contributed by atoms with Crippen LogP contribution in [0.2, 0.25) is 0 Å². The molecule has 1 fully saturated rings. The van der Waals surface area contributed by atoms with E-state index < -0.39 is 41.7 Å². The van der Waals surface area contributed by atoms with Gasteiger partial charge < -0.3 is 14.8 Å². The minimum atomic E-state index is -1.45. The molecule has 1 heterocycles. The van der Waals surface area contributed by atoms with E-state index in [1.807, 2.05) is 13.8 Å². The quantitative estimate of drug-likeness (QED) is 0.417. The van der Waals surface area contributed by atoms with Crippen molar-refractivity contribution in [2.24, 2.45) is 0 Å². The fourth-order valence-electron chi connectivity index (χ4n) is 3.36. The molecule has 0 aromatic heterocycles. The summed E-state index contributed by atoms with van der Waals surface area (Å²) in [5, 5.41) is 2.52. The van der Waals surface area contributed by atoms with Crippen LogP contribution in [0.1, 0.15) is 36.7 Å². The van der Waals surface area contributed by atoms with Gasteiger partial charge in [0.25, 0.3) is 17.7 Å². The summed E-state index contributed by atoms with van der Waals surface area (Å²) in [7, 11) is 1.43. The highest BCUT2D eigenvalue weighted by atomic mass is 19.1. The SMILES string of the molecule is COc1cc(C(=O)NNC(=O)CN2C(=O)NC(C)(c3ccc(F)cc3)C2=O)ccc1OC(C)C.